The molecule has 0 aliphatic rings. The average Bonchev–Trinajstić information content (AvgIpc) is 2.50. The molecule has 0 aliphatic carbocycles. The monoisotopic (exact) mass is 274 g/mol. The molecule has 0 aromatic heterocycles. The van der Waals surface area contributed by atoms with Crippen LogP contribution in [-0.2, 0) is 0 Å². The van der Waals surface area contributed by atoms with Gasteiger partial charge in [0.2, 0.25) is 0 Å². The molecule has 1 nitrogen and oxygen atoms in total. The maximum absolute atomic E-state index is 11.9. The van der Waals surface area contributed by atoms with E-state index in [1.54, 1.807) is 0 Å². The van der Waals surface area contributed by atoms with Gasteiger partial charge in [0.15, 0.2) is 5.78 Å². The molecule has 0 spiro atoms. The second kappa shape index (κ2) is 11.7. The second-order valence-electron chi connectivity index (χ2n) is 5.72. The zero-order valence-electron chi connectivity index (χ0n) is 13.1. The smallest absolute Gasteiger partial charge is 0.162 e. The summed E-state index contributed by atoms with van der Waals surface area (Å²) < 4.78 is 0. The molecule has 0 amide bonds. The van der Waals surface area contributed by atoms with E-state index >= 15 is 0 Å². The first-order valence-corrected chi connectivity index (χ1v) is 8.43. The van der Waals surface area contributed by atoms with Gasteiger partial charge in [-0.2, -0.15) is 0 Å². The molecule has 0 fully saturated rings. The van der Waals surface area contributed by atoms with E-state index in [1.807, 2.05) is 30.3 Å². The molecule has 0 aliphatic heterocycles. The van der Waals surface area contributed by atoms with E-state index in [4.69, 9.17) is 0 Å². The van der Waals surface area contributed by atoms with E-state index < -0.39 is 0 Å². The van der Waals surface area contributed by atoms with Gasteiger partial charge in [-0.25, -0.2) is 0 Å². The Morgan fingerprint density at radius 2 is 1.25 bits per heavy atom. The Labute approximate surface area is 124 Å². The Kier molecular flexibility index (Phi) is 9.91. The molecule has 20 heavy (non-hydrogen) atoms. The molecule has 1 rings (SSSR count). The lowest BCUT2D eigenvalue weighted by Gasteiger charge is -2.03. The van der Waals surface area contributed by atoms with Crippen LogP contribution in [-0.4, -0.2) is 5.78 Å². The molecule has 0 radical (unpaired) electrons. The van der Waals surface area contributed by atoms with Crippen molar-refractivity contribution in [3.8, 4) is 0 Å². The first-order chi connectivity index (χ1) is 9.84. The molecule has 112 valence electrons. The molecular formula is C19H30O. The number of hydrogen-bond acceptors (Lipinski definition) is 1. The zero-order chi connectivity index (χ0) is 14.5. The molecule has 0 bridgehead atoms. The SMILES string of the molecule is CCCCCCCCCCCCC(=O)c1ccccc1. The van der Waals surface area contributed by atoms with Gasteiger partial charge in [-0.15, -0.1) is 0 Å². The minimum absolute atomic E-state index is 0.296. The van der Waals surface area contributed by atoms with Crippen LogP contribution >= 0.6 is 0 Å². The molecule has 1 aromatic rings. The Morgan fingerprint density at radius 3 is 1.80 bits per heavy atom. The summed E-state index contributed by atoms with van der Waals surface area (Å²) in [4.78, 5) is 11.9. The molecule has 0 saturated carbocycles. The standard InChI is InChI=1S/C19H30O/c1-2-3-4-5-6-7-8-9-10-14-17-19(20)18-15-12-11-13-16-18/h11-13,15-16H,2-10,14,17H2,1H3. The summed E-state index contributed by atoms with van der Waals surface area (Å²) in [7, 11) is 0. The van der Waals surface area contributed by atoms with Crippen LogP contribution in [0.15, 0.2) is 30.3 Å². The molecule has 0 saturated heterocycles. The van der Waals surface area contributed by atoms with E-state index in [2.05, 4.69) is 6.92 Å². The lowest BCUT2D eigenvalue weighted by atomic mass is 10.0. The highest BCUT2D eigenvalue weighted by Crippen LogP contribution is 2.12. The van der Waals surface area contributed by atoms with Crippen molar-refractivity contribution in [2.75, 3.05) is 0 Å². The van der Waals surface area contributed by atoms with Crippen LogP contribution in [0, 0.1) is 0 Å². The van der Waals surface area contributed by atoms with Crippen molar-refractivity contribution < 1.29 is 4.79 Å². The van der Waals surface area contributed by atoms with Crippen molar-refractivity contribution in [2.24, 2.45) is 0 Å². The minimum atomic E-state index is 0.296. The van der Waals surface area contributed by atoms with Gasteiger partial charge in [-0.3, -0.25) is 4.79 Å². The van der Waals surface area contributed by atoms with Crippen molar-refractivity contribution >= 4 is 5.78 Å². The molecule has 0 N–H and O–H groups in total. The summed E-state index contributed by atoms with van der Waals surface area (Å²) in [5, 5.41) is 0. The Morgan fingerprint density at radius 1 is 0.750 bits per heavy atom. The predicted octanol–water partition coefficient (Wildman–Crippen LogP) is 6.18. The Bertz CT molecular complexity index is 342. The van der Waals surface area contributed by atoms with E-state index in [0.717, 1.165) is 12.0 Å². The van der Waals surface area contributed by atoms with Gasteiger partial charge in [-0.1, -0.05) is 95.0 Å². The fraction of sp³-hybridized carbons (Fsp3) is 0.632. The second-order valence-corrected chi connectivity index (χ2v) is 5.72. The maximum Gasteiger partial charge on any atom is 0.162 e. The number of rotatable bonds is 12. The van der Waals surface area contributed by atoms with Gasteiger partial charge in [0, 0.05) is 12.0 Å². The van der Waals surface area contributed by atoms with Crippen LogP contribution < -0.4 is 0 Å². The van der Waals surface area contributed by atoms with Gasteiger partial charge < -0.3 is 0 Å². The Balaban J connectivity index is 1.91. The predicted molar refractivity (Wildman–Crippen MR) is 87.2 cm³/mol. The number of carbonyl (C=O) groups excluding carboxylic acids is 1. The summed E-state index contributed by atoms with van der Waals surface area (Å²) in [5.41, 5.74) is 0.864. The quantitative estimate of drug-likeness (QED) is 0.328. The van der Waals surface area contributed by atoms with Crippen LogP contribution in [0.5, 0.6) is 0 Å². The van der Waals surface area contributed by atoms with E-state index in [9.17, 15) is 4.79 Å². The number of unbranched alkanes of at least 4 members (excludes halogenated alkanes) is 9. The third kappa shape index (κ3) is 8.14. The maximum atomic E-state index is 11.9. The largest absolute Gasteiger partial charge is 0.294 e. The first-order valence-electron chi connectivity index (χ1n) is 8.43. The zero-order valence-corrected chi connectivity index (χ0v) is 13.1. The summed E-state index contributed by atoms with van der Waals surface area (Å²) in [6.45, 7) is 2.26. The van der Waals surface area contributed by atoms with Crippen molar-refractivity contribution in [3.63, 3.8) is 0 Å². The lowest BCUT2D eigenvalue weighted by Crippen LogP contribution is -1.98. The van der Waals surface area contributed by atoms with Crippen molar-refractivity contribution in [2.45, 2.75) is 77.6 Å². The fourth-order valence-electron chi connectivity index (χ4n) is 2.54. The highest BCUT2D eigenvalue weighted by Gasteiger charge is 2.03. The number of carbonyl (C=O) groups is 1. The molecule has 1 heteroatoms. The van der Waals surface area contributed by atoms with E-state index in [-0.39, 0.29) is 0 Å². The van der Waals surface area contributed by atoms with Gasteiger partial charge in [-0.05, 0) is 6.42 Å². The minimum Gasteiger partial charge on any atom is -0.294 e. The topological polar surface area (TPSA) is 17.1 Å². The van der Waals surface area contributed by atoms with Gasteiger partial charge in [0.25, 0.3) is 0 Å². The van der Waals surface area contributed by atoms with Crippen molar-refractivity contribution in [1.29, 1.82) is 0 Å². The summed E-state index contributed by atoms with van der Waals surface area (Å²) >= 11 is 0. The van der Waals surface area contributed by atoms with E-state index in [0.29, 0.717) is 12.2 Å². The Hall–Kier alpha value is -1.11. The number of Topliss-reactive ketones (excluding diaryl/α,β-unsaturated/α-hetero) is 1. The fourth-order valence-corrected chi connectivity index (χ4v) is 2.54. The van der Waals surface area contributed by atoms with Crippen LogP contribution in [0.1, 0.15) is 87.9 Å². The lowest BCUT2D eigenvalue weighted by molar-refractivity contribution is 0.0979. The highest BCUT2D eigenvalue weighted by atomic mass is 16.1. The third-order valence-electron chi connectivity index (χ3n) is 3.85. The molecule has 0 atom stereocenters. The molecule has 1 aromatic carbocycles. The van der Waals surface area contributed by atoms with Gasteiger partial charge in [0.05, 0.1) is 0 Å². The van der Waals surface area contributed by atoms with Crippen LogP contribution in [0.25, 0.3) is 0 Å². The summed E-state index contributed by atoms with van der Waals surface area (Å²) in [6.07, 6.45) is 13.9. The van der Waals surface area contributed by atoms with Gasteiger partial charge in [0.1, 0.15) is 0 Å². The molecule has 0 unspecified atom stereocenters. The van der Waals surface area contributed by atoms with Crippen molar-refractivity contribution in [3.05, 3.63) is 35.9 Å². The van der Waals surface area contributed by atoms with Crippen LogP contribution in [0.4, 0.5) is 0 Å². The van der Waals surface area contributed by atoms with E-state index in [1.165, 1.54) is 57.8 Å². The summed E-state index contributed by atoms with van der Waals surface area (Å²) in [5.74, 6) is 0.296. The first kappa shape index (κ1) is 16.9. The third-order valence-corrected chi connectivity index (χ3v) is 3.85. The van der Waals surface area contributed by atoms with Gasteiger partial charge >= 0.3 is 0 Å². The average molecular weight is 274 g/mol. The van der Waals surface area contributed by atoms with Crippen molar-refractivity contribution in [1.82, 2.24) is 0 Å². The number of ketones is 1. The highest BCUT2D eigenvalue weighted by molar-refractivity contribution is 5.95. The van der Waals surface area contributed by atoms with Crippen LogP contribution in [0.2, 0.25) is 0 Å². The normalized spacial score (nSPS) is 10.7. The van der Waals surface area contributed by atoms with Crippen LogP contribution in [0.3, 0.4) is 0 Å². The molecular weight excluding hydrogens is 244 g/mol. The molecule has 0 heterocycles. The number of benzene rings is 1. The number of hydrogen-bond donors (Lipinski definition) is 0. The summed E-state index contributed by atoms with van der Waals surface area (Å²) in [6, 6.07) is 9.66.